The zero-order valence-corrected chi connectivity index (χ0v) is 18.0. The fourth-order valence-corrected chi connectivity index (χ4v) is 4.60. The average molecular weight is 443 g/mol. The van der Waals surface area contributed by atoms with Crippen molar-refractivity contribution in [1.82, 2.24) is 19.5 Å². The van der Waals surface area contributed by atoms with Gasteiger partial charge in [0.25, 0.3) is 6.43 Å². The Balaban J connectivity index is 1.55. The van der Waals surface area contributed by atoms with Crippen molar-refractivity contribution in [1.29, 1.82) is 0 Å². The number of nitrogens with one attached hydrogen (secondary N) is 1. The number of hydrogen-bond donors (Lipinski definition) is 1. The number of para-hydroxylation sites is 2. The molecule has 0 spiro atoms. The molecule has 0 amide bonds. The standard InChI is InChI=1S/C23H28F2N6O/c24-21(25)22-27-17-8-4-5-9-18(17)31(22)20-14-19(26-15-16-6-2-1-3-7-16)28-23(29-20)30-10-12-32-13-11-30/h4-5,8-9,14,16,21H,1-3,6-7,10-13,15H2,(H,26,28,29). The van der Waals surface area contributed by atoms with Crippen LogP contribution in [-0.2, 0) is 4.74 Å². The van der Waals surface area contributed by atoms with Crippen molar-refractivity contribution in [2.24, 2.45) is 5.92 Å². The number of imidazole rings is 1. The monoisotopic (exact) mass is 442 g/mol. The van der Waals surface area contributed by atoms with Crippen LogP contribution < -0.4 is 10.2 Å². The average Bonchev–Trinajstić information content (AvgIpc) is 3.24. The van der Waals surface area contributed by atoms with Gasteiger partial charge in [-0.2, -0.15) is 9.97 Å². The Morgan fingerprint density at radius 2 is 1.81 bits per heavy atom. The molecule has 9 heteroatoms. The van der Waals surface area contributed by atoms with E-state index in [4.69, 9.17) is 14.7 Å². The number of hydrogen-bond acceptors (Lipinski definition) is 6. The minimum atomic E-state index is -2.72. The molecule has 1 aliphatic carbocycles. The van der Waals surface area contributed by atoms with Gasteiger partial charge in [-0.05, 0) is 30.9 Å². The van der Waals surface area contributed by atoms with Crippen LogP contribution in [0, 0.1) is 5.92 Å². The van der Waals surface area contributed by atoms with Gasteiger partial charge in [0.15, 0.2) is 5.82 Å². The van der Waals surface area contributed by atoms with Crippen molar-refractivity contribution < 1.29 is 13.5 Å². The van der Waals surface area contributed by atoms with Crippen molar-refractivity contribution >= 4 is 22.8 Å². The van der Waals surface area contributed by atoms with E-state index in [0.29, 0.717) is 60.8 Å². The maximum atomic E-state index is 13.9. The molecule has 1 saturated carbocycles. The molecule has 2 fully saturated rings. The normalized spacial score (nSPS) is 17.9. The summed E-state index contributed by atoms with van der Waals surface area (Å²) in [5.74, 6) is 1.88. The van der Waals surface area contributed by atoms with Crippen LogP contribution in [-0.4, -0.2) is 52.4 Å². The summed E-state index contributed by atoms with van der Waals surface area (Å²) in [4.78, 5) is 15.6. The second-order valence-electron chi connectivity index (χ2n) is 8.49. The first-order valence-corrected chi connectivity index (χ1v) is 11.4. The first kappa shape index (κ1) is 21.1. The van der Waals surface area contributed by atoms with Gasteiger partial charge in [-0.15, -0.1) is 0 Å². The predicted octanol–water partition coefficient (Wildman–Crippen LogP) is 4.58. The van der Waals surface area contributed by atoms with E-state index in [-0.39, 0.29) is 5.82 Å². The molecule has 0 radical (unpaired) electrons. The summed E-state index contributed by atoms with van der Waals surface area (Å²) in [5, 5.41) is 3.46. The molecule has 1 aromatic carbocycles. The van der Waals surface area contributed by atoms with Crippen molar-refractivity contribution in [3.8, 4) is 5.82 Å². The van der Waals surface area contributed by atoms with Gasteiger partial charge in [-0.3, -0.25) is 4.57 Å². The van der Waals surface area contributed by atoms with Crippen molar-refractivity contribution in [2.45, 2.75) is 38.5 Å². The summed E-state index contributed by atoms with van der Waals surface area (Å²) in [7, 11) is 0. The highest BCUT2D eigenvalue weighted by Crippen LogP contribution is 2.29. The van der Waals surface area contributed by atoms with Crippen LogP contribution in [0.25, 0.3) is 16.9 Å². The Kier molecular flexibility index (Phi) is 6.16. The van der Waals surface area contributed by atoms with Crippen LogP contribution in [0.15, 0.2) is 30.3 Å². The number of alkyl halides is 2. The second-order valence-corrected chi connectivity index (χ2v) is 8.49. The van der Waals surface area contributed by atoms with E-state index in [0.717, 1.165) is 6.54 Å². The minimum absolute atomic E-state index is 0.309. The SMILES string of the molecule is FC(F)c1nc2ccccc2n1-c1cc(NCC2CCCCC2)nc(N2CCOCC2)n1. The molecule has 2 aromatic heterocycles. The largest absolute Gasteiger partial charge is 0.378 e. The molecule has 3 aromatic rings. The Morgan fingerprint density at radius 1 is 1.03 bits per heavy atom. The summed E-state index contributed by atoms with van der Waals surface area (Å²) >= 11 is 0. The fourth-order valence-electron chi connectivity index (χ4n) is 4.60. The van der Waals surface area contributed by atoms with Crippen LogP contribution in [0.5, 0.6) is 0 Å². The van der Waals surface area contributed by atoms with Crippen LogP contribution in [0.3, 0.4) is 0 Å². The summed E-state index contributed by atoms with van der Waals surface area (Å²) in [6, 6.07) is 8.91. The zero-order chi connectivity index (χ0) is 21.9. The molecular weight excluding hydrogens is 414 g/mol. The highest BCUT2D eigenvalue weighted by Gasteiger charge is 2.23. The van der Waals surface area contributed by atoms with Gasteiger partial charge in [0.2, 0.25) is 5.95 Å². The molecular formula is C23H28F2N6O. The number of nitrogens with zero attached hydrogens (tertiary/aromatic N) is 5. The van der Waals surface area contributed by atoms with E-state index in [2.05, 4.69) is 10.3 Å². The first-order valence-electron chi connectivity index (χ1n) is 11.4. The Bertz CT molecular complexity index is 1060. The molecule has 5 rings (SSSR count). The van der Waals surface area contributed by atoms with Gasteiger partial charge < -0.3 is 15.0 Å². The van der Waals surface area contributed by atoms with Crippen LogP contribution in [0.4, 0.5) is 20.5 Å². The summed E-state index contributed by atoms with van der Waals surface area (Å²) < 4.78 is 34.8. The minimum Gasteiger partial charge on any atom is -0.378 e. The number of benzene rings is 1. The van der Waals surface area contributed by atoms with Crippen LogP contribution in [0.2, 0.25) is 0 Å². The Hall–Kier alpha value is -2.81. The lowest BCUT2D eigenvalue weighted by atomic mass is 9.89. The summed E-state index contributed by atoms with van der Waals surface area (Å²) in [6.07, 6.45) is 3.53. The highest BCUT2D eigenvalue weighted by molar-refractivity contribution is 5.78. The van der Waals surface area contributed by atoms with Crippen molar-refractivity contribution in [3.63, 3.8) is 0 Å². The van der Waals surface area contributed by atoms with Gasteiger partial charge in [0.05, 0.1) is 24.2 Å². The van der Waals surface area contributed by atoms with Crippen molar-refractivity contribution in [2.75, 3.05) is 43.1 Å². The lowest BCUT2D eigenvalue weighted by Gasteiger charge is -2.28. The number of aromatic nitrogens is 4. The quantitative estimate of drug-likeness (QED) is 0.603. The van der Waals surface area contributed by atoms with Gasteiger partial charge in [0, 0.05) is 25.7 Å². The maximum absolute atomic E-state index is 13.9. The molecule has 1 saturated heterocycles. The molecule has 0 bridgehead atoms. The zero-order valence-electron chi connectivity index (χ0n) is 18.0. The number of anilines is 2. The molecule has 32 heavy (non-hydrogen) atoms. The lowest BCUT2D eigenvalue weighted by Crippen LogP contribution is -2.37. The van der Waals surface area contributed by atoms with E-state index in [1.807, 2.05) is 11.0 Å². The third-order valence-electron chi connectivity index (χ3n) is 6.30. The first-order chi connectivity index (χ1) is 15.7. The molecule has 0 unspecified atom stereocenters. The Morgan fingerprint density at radius 3 is 2.59 bits per heavy atom. The number of rotatable bonds is 6. The summed E-state index contributed by atoms with van der Waals surface area (Å²) in [6.45, 7) is 3.34. The molecule has 3 heterocycles. The van der Waals surface area contributed by atoms with Gasteiger partial charge >= 0.3 is 0 Å². The molecule has 170 valence electrons. The van der Waals surface area contributed by atoms with E-state index < -0.39 is 6.43 Å². The molecule has 2 aliphatic rings. The van der Waals surface area contributed by atoms with Gasteiger partial charge in [-0.1, -0.05) is 31.4 Å². The number of morpholine rings is 1. The molecule has 0 atom stereocenters. The lowest BCUT2D eigenvalue weighted by molar-refractivity contribution is 0.122. The topological polar surface area (TPSA) is 68.1 Å². The number of ether oxygens (including phenoxy) is 1. The van der Waals surface area contributed by atoms with E-state index in [1.165, 1.54) is 36.7 Å². The maximum Gasteiger partial charge on any atom is 0.296 e. The van der Waals surface area contributed by atoms with Crippen LogP contribution >= 0.6 is 0 Å². The highest BCUT2D eigenvalue weighted by atomic mass is 19.3. The smallest absolute Gasteiger partial charge is 0.296 e. The Labute approximate surface area is 185 Å². The fraction of sp³-hybridized carbons (Fsp3) is 0.522. The number of fused-ring (bicyclic) bond motifs is 1. The molecule has 7 nitrogen and oxygen atoms in total. The van der Waals surface area contributed by atoms with E-state index in [1.54, 1.807) is 24.3 Å². The van der Waals surface area contributed by atoms with Gasteiger partial charge in [0.1, 0.15) is 11.6 Å². The number of halogens is 2. The predicted molar refractivity (Wildman–Crippen MR) is 120 cm³/mol. The molecule has 1 aliphatic heterocycles. The second kappa shape index (κ2) is 9.36. The van der Waals surface area contributed by atoms with Gasteiger partial charge in [-0.25, -0.2) is 13.8 Å². The van der Waals surface area contributed by atoms with E-state index in [9.17, 15) is 8.78 Å². The van der Waals surface area contributed by atoms with Crippen molar-refractivity contribution in [3.05, 3.63) is 36.2 Å². The summed E-state index contributed by atoms with van der Waals surface area (Å²) in [5.41, 5.74) is 1.12. The molecule has 1 N–H and O–H groups in total. The third kappa shape index (κ3) is 4.39. The third-order valence-corrected chi connectivity index (χ3v) is 6.30. The van der Waals surface area contributed by atoms with E-state index >= 15 is 0 Å². The van der Waals surface area contributed by atoms with Crippen LogP contribution in [0.1, 0.15) is 44.4 Å².